The maximum atomic E-state index is 11.4. The highest BCUT2D eigenvalue weighted by Gasteiger charge is 2.14. The first-order valence-corrected chi connectivity index (χ1v) is 5.01. The Labute approximate surface area is 90.8 Å². The minimum atomic E-state index is -0.432. The first kappa shape index (κ1) is 11.0. The molecule has 0 aliphatic rings. The molecule has 0 fully saturated rings. The van der Waals surface area contributed by atoms with E-state index in [1.165, 1.54) is 0 Å². The number of aromatic hydroxyl groups is 1. The second kappa shape index (κ2) is 4.46. The SMILES string of the molecule is CCOC(=O)c1cc(C)cc(O)c1Br. The van der Waals surface area contributed by atoms with E-state index in [4.69, 9.17) is 4.74 Å². The minimum Gasteiger partial charge on any atom is -0.507 e. The molecule has 76 valence electrons. The smallest absolute Gasteiger partial charge is 0.339 e. The minimum absolute atomic E-state index is 0.0491. The van der Waals surface area contributed by atoms with E-state index < -0.39 is 5.97 Å². The molecule has 14 heavy (non-hydrogen) atoms. The average Bonchev–Trinajstić information content (AvgIpc) is 2.11. The van der Waals surface area contributed by atoms with Crippen LogP contribution >= 0.6 is 15.9 Å². The van der Waals surface area contributed by atoms with Gasteiger partial charge in [-0.1, -0.05) is 0 Å². The van der Waals surface area contributed by atoms with Crippen LogP contribution in [0.3, 0.4) is 0 Å². The summed E-state index contributed by atoms with van der Waals surface area (Å²) in [5.74, 6) is -0.383. The van der Waals surface area contributed by atoms with Crippen LogP contribution in [-0.4, -0.2) is 17.7 Å². The van der Waals surface area contributed by atoms with E-state index >= 15 is 0 Å². The quantitative estimate of drug-likeness (QED) is 0.830. The molecule has 0 atom stereocenters. The largest absolute Gasteiger partial charge is 0.507 e. The second-order valence-corrected chi connectivity index (χ2v) is 3.66. The van der Waals surface area contributed by atoms with Crippen molar-refractivity contribution in [1.82, 2.24) is 0 Å². The third-order valence-corrected chi connectivity index (χ3v) is 2.53. The van der Waals surface area contributed by atoms with Crippen molar-refractivity contribution in [2.24, 2.45) is 0 Å². The van der Waals surface area contributed by atoms with Gasteiger partial charge in [0, 0.05) is 0 Å². The van der Waals surface area contributed by atoms with Gasteiger partial charge in [0.25, 0.3) is 0 Å². The molecule has 0 aliphatic carbocycles. The van der Waals surface area contributed by atoms with Crippen LogP contribution in [0.15, 0.2) is 16.6 Å². The zero-order valence-corrected chi connectivity index (χ0v) is 9.59. The molecule has 0 aliphatic heterocycles. The molecule has 3 nitrogen and oxygen atoms in total. The number of ether oxygens (including phenoxy) is 1. The van der Waals surface area contributed by atoms with E-state index in [1.54, 1.807) is 26.0 Å². The van der Waals surface area contributed by atoms with Crippen molar-refractivity contribution in [2.45, 2.75) is 13.8 Å². The molecule has 1 aromatic carbocycles. The number of benzene rings is 1. The van der Waals surface area contributed by atoms with Gasteiger partial charge in [-0.05, 0) is 47.5 Å². The molecular formula is C10H11BrO3. The van der Waals surface area contributed by atoms with Gasteiger partial charge in [0.15, 0.2) is 0 Å². The van der Waals surface area contributed by atoms with Gasteiger partial charge >= 0.3 is 5.97 Å². The summed E-state index contributed by atoms with van der Waals surface area (Å²) in [6.07, 6.45) is 0. The van der Waals surface area contributed by atoms with Crippen LogP contribution in [0.1, 0.15) is 22.8 Å². The van der Waals surface area contributed by atoms with Gasteiger partial charge in [0.2, 0.25) is 0 Å². The highest BCUT2D eigenvalue weighted by atomic mass is 79.9. The number of halogens is 1. The van der Waals surface area contributed by atoms with Gasteiger partial charge in [-0.25, -0.2) is 4.79 Å². The van der Waals surface area contributed by atoms with Crippen molar-refractivity contribution >= 4 is 21.9 Å². The normalized spacial score (nSPS) is 9.93. The van der Waals surface area contributed by atoms with Crippen LogP contribution in [0.2, 0.25) is 0 Å². The Morgan fingerprint density at radius 3 is 2.79 bits per heavy atom. The Bertz CT molecular complexity index is 361. The molecule has 1 N–H and O–H groups in total. The maximum absolute atomic E-state index is 11.4. The highest BCUT2D eigenvalue weighted by Crippen LogP contribution is 2.29. The maximum Gasteiger partial charge on any atom is 0.339 e. The lowest BCUT2D eigenvalue weighted by Gasteiger charge is -2.06. The lowest BCUT2D eigenvalue weighted by molar-refractivity contribution is 0.0524. The van der Waals surface area contributed by atoms with Crippen LogP contribution in [0.4, 0.5) is 0 Å². The number of hydrogen-bond donors (Lipinski definition) is 1. The zero-order valence-electron chi connectivity index (χ0n) is 8.00. The summed E-state index contributed by atoms with van der Waals surface area (Å²) < 4.78 is 5.22. The lowest BCUT2D eigenvalue weighted by Crippen LogP contribution is -2.05. The highest BCUT2D eigenvalue weighted by molar-refractivity contribution is 9.10. The van der Waals surface area contributed by atoms with Crippen molar-refractivity contribution in [3.8, 4) is 5.75 Å². The molecule has 0 aromatic heterocycles. The predicted octanol–water partition coefficient (Wildman–Crippen LogP) is 2.64. The van der Waals surface area contributed by atoms with Gasteiger partial charge in [-0.2, -0.15) is 0 Å². The molecule has 1 aromatic rings. The fraction of sp³-hybridized carbons (Fsp3) is 0.300. The Kier molecular flexibility index (Phi) is 3.52. The first-order chi connectivity index (χ1) is 6.56. The van der Waals surface area contributed by atoms with Crippen LogP contribution < -0.4 is 0 Å². The summed E-state index contributed by atoms with van der Waals surface area (Å²) >= 11 is 3.13. The zero-order chi connectivity index (χ0) is 10.7. The number of rotatable bonds is 2. The fourth-order valence-corrected chi connectivity index (χ4v) is 1.50. The van der Waals surface area contributed by atoms with Gasteiger partial charge in [0.1, 0.15) is 5.75 Å². The van der Waals surface area contributed by atoms with Gasteiger partial charge < -0.3 is 9.84 Å². The fourth-order valence-electron chi connectivity index (χ4n) is 1.11. The predicted molar refractivity (Wildman–Crippen MR) is 56.5 cm³/mol. The molecule has 0 spiro atoms. The number of hydrogen-bond acceptors (Lipinski definition) is 3. The summed E-state index contributed by atoms with van der Waals surface area (Å²) in [6, 6.07) is 3.24. The van der Waals surface area contributed by atoms with Crippen molar-refractivity contribution < 1.29 is 14.6 Å². The van der Waals surface area contributed by atoms with E-state index in [0.29, 0.717) is 16.6 Å². The number of esters is 1. The van der Waals surface area contributed by atoms with Crippen LogP contribution in [0.25, 0.3) is 0 Å². The average molecular weight is 259 g/mol. The number of phenolic OH excluding ortho intramolecular Hbond substituents is 1. The Balaban J connectivity index is 3.13. The lowest BCUT2D eigenvalue weighted by atomic mass is 10.1. The van der Waals surface area contributed by atoms with E-state index in [-0.39, 0.29) is 5.75 Å². The van der Waals surface area contributed by atoms with Crippen LogP contribution in [-0.2, 0) is 4.74 Å². The number of aryl methyl sites for hydroxylation is 1. The third-order valence-electron chi connectivity index (χ3n) is 1.69. The molecule has 0 saturated carbocycles. The third kappa shape index (κ3) is 2.26. The first-order valence-electron chi connectivity index (χ1n) is 4.22. The summed E-state index contributed by atoms with van der Waals surface area (Å²) in [5, 5.41) is 9.44. The Morgan fingerprint density at radius 1 is 1.57 bits per heavy atom. The van der Waals surface area contributed by atoms with E-state index in [0.717, 1.165) is 5.56 Å². The molecule has 0 heterocycles. The van der Waals surface area contributed by atoms with Gasteiger partial charge in [0.05, 0.1) is 16.6 Å². The number of carbonyl (C=O) groups excluding carboxylic acids is 1. The summed E-state index contributed by atoms with van der Waals surface area (Å²) in [7, 11) is 0. The molecule has 0 bridgehead atoms. The summed E-state index contributed by atoms with van der Waals surface area (Å²) in [6.45, 7) is 3.86. The molecule has 0 unspecified atom stereocenters. The topological polar surface area (TPSA) is 46.5 Å². The van der Waals surface area contributed by atoms with Crippen molar-refractivity contribution in [1.29, 1.82) is 0 Å². The van der Waals surface area contributed by atoms with Crippen LogP contribution in [0.5, 0.6) is 5.75 Å². The monoisotopic (exact) mass is 258 g/mol. The van der Waals surface area contributed by atoms with Gasteiger partial charge in [-0.15, -0.1) is 0 Å². The molecule has 4 heteroatoms. The number of phenols is 1. The Hall–Kier alpha value is -1.03. The Morgan fingerprint density at radius 2 is 2.21 bits per heavy atom. The molecule has 1 rings (SSSR count). The van der Waals surface area contributed by atoms with Crippen molar-refractivity contribution in [3.05, 3.63) is 27.7 Å². The van der Waals surface area contributed by atoms with E-state index in [2.05, 4.69) is 15.9 Å². The molecule has 0 radical (unpaired) electrons. The van der Waals surface area contributed by atoms with Crippen molar-refractivity contribution in [2.75, 3.05) is 6.61 Å². The van der Waals surface area contributed by atoms with E-state index in [9.17, 15) is 9.90 Å². The second-order valence-electron chi connectivity index (χ2n) is 2.87. The van der Waals surface area contributed by atoms with E-state index in [1.807, 2.05) is 0 Å². The summed E-state index contributed by atoms with van der Waals surface area (Å²) in [4.78, 5) is 11.4. The molecular weight excluding hydrogens is 248 g/mol. The number of carbonyl (C=O) groups is 1. The molecule has 0 saturated heterocycles. The van der Waals surface area contributed by atoms with Crippen LogP contribution in [0, 0.1) is 6.92 Å². The standard InChI is InChI=1S/C10H11BrO3/c1-3-14-10(13)7-4-6(2)5-8(12)9(7)11/h4-5,12H,3H2,1-2H3. The van der Waals surface area contributed by atoms with Gasteiger partial charge in [-0.3, -0.25) is 0 Å². The molecule has 0 amide bonds. The van der Waals surface area contributed by atoms with Crippen molar-refractivity contribution in [3.63, 3.8) is 0 Å². The summed E-state index contributed by atoms with van der Waals surface area (Å²) in [5.41, 5.74) is 1.16.